The van der Waals surface area contributed by atoms with E-state index in [0.29, 0.717) is 11.1 Å². The monoisotopic (exact) mass is 370 g/mol. The number of hydrogen-bond acceptors (Lipinski definition) is 5. The first-order valence-corrected chi connectivity index (χ1v) is 8.05. The molecule has 0 bridgehead atoms. The molecule has 0 aliphatic rings. The van der Waals surface area contributed by atoms with E-state index in [1.165, 1.54) is 11.2 Å². The highest BCUT2D eigenvalue weighted by molar-refractivity contribution is 5.96. The number of halogens is 2. The third kappa shape index (κ3) is 4.22. The summed E-state index contributed by atoms with van der Waals surface area (Å²) in [5.74, 6) is -0.918. The van der Waals surface area contributed by atoms with Gasteiger partial charge in [-0.25, -0.2) is 5.01 Å². The molecule has 0 aliphatic heterocycles. The van der Waals surface area contributed by atoms with Crippen molar-refractivity contribution in [2.75, 3.05) is 7.05 Å². The maximum atomic E-state index is 12.5. The SMILES string of the molecule is Cc1ccccc1C(=O)N(C)/N=C/c1ccc(-c2nnc(C(F)F)o2)cc1. The Balaban J connectivity index is 1.70. The topological polar surface area (TPSA) is 71.6 Å². The number of benzene rings is 2. The van der Waals surface area contributed by atoms with Crippen LogP contribution < -0.4 is 0 Å². The molecular weight excluding hydrogens is 354 g/mol. The van der Waals surface area contributed by atoms with E-state index in [-0.39, 0.29) is 11.8 Å². The summed E-state index contributed by atoms with van der Waals surface area (Å²) >= 11 is 0. The fraction of sp³-hybridized carbons (Fsp3) is 0.158. The lowest BCUT2D eigenvalue weighted by atomic mass is 10.1. The lowest BCUT2D eigenvalue weighted by Gasteiger charge is -2.12. The molecule has 0 N–H and O–H groups in total. The third-order valence-electron chi connectivity index (χ3n) is 3.83. The molecule has 0 spiro atoms. The van der Waals surface area contributed by atoms with Gasteiger partial charge in [-0.05, 0) is 36.2 Å². The molecule has 27 heavy (non-hydrogen) atoms. The Morgan fingerprint density at radius 3 is 2.48 bits per heavy atom. The van der Waals surface area contributed by atoms with Gasteiger partial charge in [-0.1, -0.05) is 30.3 Å². The number of hydrogen-bond donors (Lipinski definition) is 0. The Kier molecular flexibility index (Phi) is 5.35. The van der Waals surface area contributed by atoms with Gasteiger partial charge < -0.3 is 4.42 Å². The lowest BCUT2D eigenvalue weighted by Crippen LogP contribution is -2.22. The third-order valence-corrected chi connectivity index (χ3v) is 3.83. The van der Waals surface area contributed by atoms with Crippen LogP contribution in [0, 0.1) is 6.92 Å². The summed E-state index contributed by atoms with van der Waals surface area (Å²) in [6.45, 7) is 1.86. The Labute approximate surface area is 154 Å². The van der Waals surface area contributed by atoms with Gasteiger partial charge in [0.2, 0.25) is 5.89 Å². The zero-order valence-electron chi connectivity index (χ0n) is 14.6. The number of aromatic nitrogens is 2. The number of hydrazone groups is 1. The van der Waals surface area contributed by atoms with Crippen molar-refractivity contribution in [3.8, 4) is 11.5 Å². The molecule has 0 saturated heterocycles. The molecule has 3 aromatic rings. The second-order valence-corrected chi connectivity index (χ2v) is 5.76. The Hall–Kier alpha value is -3.42. The van der Waals surface area contributed by atoms with Gasteiger partial charge in [0.15, 0.2) is 0 Å². The van der Waals surface area contributed by atoms with Gasteiger partial charge in [0.1, 0.15) is 0 Å². The van der Waals surface area contributed by atoms with Gasteiger partial charge in [-0.15, -0.1) is 10.2 Å². The predicted octanol–water partition coefficient (Wildman–Crippen LogP) is 4.09. The molecule has 8 heteroatoms. The molecule has 0 unspecified atom stereocenters. The summed E-state index contributed by atoms with van der Waals surface area (Å²) in [6.07, 6.45) is -1.28. The van der Waals surface area contributed by atoms with Crippen LogP contribution in [0.3, 0.4) is 0 Å². The summed E-state index contributed by atoms with van der Waals surface area (Å²) in [7, 11) is 1.57. The van der Waals surface area contributed by atoms with E-state index in [4.69, 9.17) is 4.42 Å². The van der Waals surface area contributed by atoms with Crippen LogP contribution in [0.4, 0.5) is 8.78 Å². The maximum Gasteiger partial charge on any atom is 0.314 e. The molecule has 0 atom stereocenters. The molecule has 2 aromatic carbocycles. The summed E-state index contributed by atoms with van der Waals surface area (Å²) in [6, 6.07) is 14.0. The van der Waals surface area contributed by atoms with E-state index in [0.717, 1.165) is 11.1 Å². The van der Waals surface area contributed by atoms with Crippen LogP contribution in [0.5, 0.6) is 0 Å². The largest absolute Gasteiger partial charge is 0.415 e. The minimum atomic E-state index is -2.81. The molecule has 6 nitrogen and oxygen atoms in total. The average Bonchev–Trinajstić information content (AvgIpc) is 3.17. The van der Waals surface area contributed by atoms with Gasteiger partial charge in [0, 0.05) is 18.2 Å². The molecule has 1 heterocycles. The van der Waals surface area contributed by atoms with Crippen molar-refractivity contribution in [1.82, 2.24) is 15.2 Å². The molecule has 3 rings (SSSR count). The van der Waals surface area contributed by atoms with Crippen molar-refractivity contribution in [3.63, 3.8) is 0 Å². The van der Waals surface area contributed by atoms with E-state index < -0.39 is 12.3 Å². The fourth-order valence-electron chi connectivity index (χ4n) is 2.34. The number of rotatable bonds is 5. The van der Waals surface area contributed by atoms with Crippen LogP contribution in [-0.2, 0) is 0 Å². The summed E-state index contributed by atoms with van der Waals surface area (Å²) in [5, 5.41) is 12.3. The number of nitrogens with zero attached hydrogens (tertiary/aromatic N) is 4. The predicted molar refractivity (Wildman–Crippen MR) is 95.6 cm³/mol. The minimum absolute atomic E-state index is 0.0145. The van der Waals surface area contributed by atoms with Crippen molar-refractivity contribution < 1.29 is 18.0 Å². The number of aryl methyl sites for hydroxylation is 1. The number of amides is 1. The normalized spacial score (nSPS) is 11.3. The van der Waals surface area contributed by atoms with Crippen LogP contribution in [0.15, 0.2) is 58.0 Å². The first kappa shape index (κ1) is 18.4. The second kappa shape index (κ2) is 7.86. The van der Waals surface area contributed by atoms with Crippen LogP contribution in [0.25, 0.3) is 11.5 Å². The van der Waals surface area contributed by atoms with Crippen molar-refractivity contribution in [3.05, 3.63) is 71.1 Å². The maximum absolute atomic E-state index is 12.5. The first-order chi connectivity index (χ1) is 13.0. The summed E-state index contributed by atoms with van der Waals surface area (Å²) < 4.78 is 29.9. The highest BCUT2D eigenvalue weighted by Crippen LogP contribution is 2.23. The zero-order valence-corrected chi connectivity index (χ0v) is 14.6. The lowest BCUT2D eigenvalue weighted by molar-refractivity contribution is 0.0799. The Bertz CT molecular complexity index is 968. The molecule has 1 aromatic heterocycles. The summed E-state index contributed by atoms with van der Waals surface area (Å²) in [5.41, 5.74) is 2.68. The number of carbonyl (C=O) groups excluding carboxylic acids is 1. The Morgan fingerprint density at radius 2 is 1.85 bits per heavy atom. The molecular formula is C19H16F2N4O2. The van der Waals surface area contributed by atoms with Crippen LogP contribution in [0.1, 0.15) is 33.8 Å². The average molecular weight is 370 g/mol. The molecule has 0 fully saturated rings. The van der Waals surface area contributed by atoms with Gasteiger partial charge in [0.25, 0.3) is 11.8 Å². The zero-order chi connectivity index (χ0) is 19.4. The molecule has 0 radical (unpaired) electrons. The summed E-state index contributed by atoms with van der Waals surface area (Å²) in [4.78, 5) is 12.4. The van der Waals surface area contributed by atoms with E-state index in [9.17, 15) is 13.6 Å². The molecule has 138 valence electrons. The fourth-order valence-corrected chi connectivity index (χ4v) is 2.34. The van der Waals surface area contributed by atoms with Crippen molar-refractivity contribution in [2.24, 2.45) is 5.10 Å². The van der Waals surface area contributed by atoms with Crippen molar-refractivity contribution >= 4 is 12.1 Å². The standard InChI is InChI=1S/C19H16F2N4O2/c1-12-5-3-4-6-15(12)19(26)25(2)22-11-13-7-9-14(10-8-13)17-23-24-18(27-17)16(20)21/h3-11,16H,1-2H3/b22-11+. The van der Waals surface area contributed by atoms with Gasteiger partial charge in [-0.3, -0.25) is 4.79 Å². The van der Waals surface area contributed by atoms with Gasteiger partial charge in [0.05, 0.1) is 6.21 Å². The van der Waals surface area contributed by atoms with Gasteiger partial charge in [-0.2, -0.15) is 13.9 Å². The second-order valence-electron chi connectivity index (χ2n) is 5.76. The van der Waals surface area contributed by atoms with Gasteiger partial charge >= 0.3 is 6.43 Å². The first-order valence-electron chi connectivity index (χ1n) is 8.05. The van der Waals surface area contributed by atoms with Crippen molar-refractivity contribution in [2.45, 2.75) is 13.3 Å². The van der Waals surface area contributed by atoms with E-state index in [2.05, 4.69) is 15.3 Å². The van der Waals surface area contributed by atoms with E-state index >= 15 is 0 Å². The van der Waals surface area contributed by atoms with E-state index in [1.807, 2.05) is 19.1 Å². The van der Waals surface area contributed by atoms with E-state index in [1.54, 1.807) is 43.4 Å². The van der Waals surface area contributed by atoms with Crippen LogP contribution >= 0.6 is 0 Å². The minimum Gasteiger partial charge on any atom is -0.415 e. The highest BCUT2D eigenvalue weighted by Gasteiger charge is 2.17. The molecule has 1 amide bonds. The quantitative estimate of drug-likeness (QED) is 0.501. The number of carbonyl (C=O) groups is 1. The van der Waals surface area contributed by atoms with Crippen LogP contribution in [-0.4, -0.2) is 34.4 Å². The smallest absolute Gasteiger partial charge is 0.314 e. The highest BCUT2D eigenvalue weighted by atomic mass is 19.3. The molecule has 0 aliphatic carbocycles. The van der Waals surface area contributed by atoms with Crippen molar-refractivity contribution in [1.29, 1.82) is 0 Å². The molecule has 0 saturated carbocycles. The number of alkyl halides is 2. The van der Waals surface area contributed by atoms with Crippen LogP contribution in [0.2, 0.25) is 0 Å². The Morgan fingerprint density at radius 1 is 1.15 bits per heavy atom.